The summed E-state index contributed by atoms with van der Waals surface area (Å²) < 4.78 is 5.36. The molecule has 1 aliphatic carbocycles. The first kappa shape index (κ1) is 12.4. The Bertz CT molecular complexity index is 366. The molecule has 1 heterocycles. The fourth-order valence-corrected chi connectivity index (χ4v) is 2.51. The zero-order valence-electron chi connectivity index (χ0n) is 10.8. The highest BCUT2D eigenvalue weighted by Crippen LogP contribution is 2.41. The number of methoxy groups -OCH3 is 1. The van der Waals surface area contributed by atoms with Crippen molar-refractivity contribution >= 4 is 5.91 Å². The quantitative estimate of drug-likeness (QED) is 0.748. The molecule has 0 unspecified atom stereocenters. The van der Waals surface area contributed by atoms with E-state index in [1.165, 1.54) is 11.1 Å². The highest BCUT2D eigenvalue weighted by Gasteiger charge is 2.52. The van der Waals surface area contributed by atoms with Crippen molar-refractivity contribution in [3.05, 3.63) is 23.8 Å². The third-order valence-electron chi connectivity index (χ3n) is 3.93. The summed E-state index contributed by atoms with van der Waals surface area (Å²) in [5.74, 6) is 0.175. The first-order valence-electron chi connectivity index (χ1n) is 6.34. The fourth-order valence-electron chi connectivity index (χ4n) is 2.51. The van der Waals surface area contributed by atoms with Crippen molar-refractivity contribution in [3.8, 4) is 0 Å². The maximum Gasteiger partial charge on any atom is 0.255 e. The molecular weight excluding hydrogens is 214 g/mol. The summed E-state index contributed by atoms with van der Waals surface area (Å²) in [5.41, 5.74) is 2.18. The van der Waals surface area contributed by atoms with Crippen molar-refractivity contribution in [2.75, 3.05) is 20.2 Å². The van der Waals surface area contributed by atoms with Crippen molar-refractivity contribution < 1.29 is 9.53 Å². The lowest BCUT2D eigenvalue weighted by molar-refractivity contribution is -0.144. The van der Waals surface area contributed by atoms with Gasteiger partial charge in [0.05, 0.1) is 0 Å². The van der Waals surface area contributed by atoms with E-state index in [4.69, 9.17) is 4.74 Å². The maximum atomic E-state index is 12.3. The van der Waals surface area contributed by atoms with Crippen LogP contribution in [0.25, 0.3) is 0 Å². The summed E-state index contributed by atoms with van der Waals surface area (Å²) in [4.78, 5) is 14.3. The summed E-state index contributed by atoms with van der Waals surface area (Å²) >= 11 is 0. The summed E-state index contributed by atoms with van der Waals surface area (Å²) in [6.07, 6.45) is 5.60. The molecule has 1 fully saturated rings. The van der Waals surface area contributed by atoms with Crippen LogP contribution in [0.2, 0.25) is 0 Å². The van der Waals surface area contributed by atoms with E-state index < -0.39 is 5.60 Å². The third kappa shape index (κ3) is 2.16. The number of hydrogen-bond donors (Lipinski definition) is 0. The van der Waals surface area contributed by atoms with Crippen LogP contribution in [-0.2, 0) is 9.53 Å². The molecule has 0 N–H and O–H groups in total. The molecular formula is C14H21NO2. The third-order valence-corrected chi connectivity index (χ3v) is 3.93. The topological polar surface area (TPSA) is 29.5 Å². The van der Waals surface area contributed by atoms with Crippen molar-refractivity contribution in [2.24, 2.45) is 0 Å². The molecule has 0 spiro atoms. The van der Waals surface area contributed by atoms with Crippen LogP contribution in [0.3, 0.4) is 0 Å². The van der Waals surface area contributed by atoms with Crippen LogP contribution in [-0.4, -0.2) is 36.6 Å². The zero-order chi connectivity index (χ0) is 12.5. The van der Waals surface area contributed by atoms with E-state index in [0.29, 0.717) is 0 Å². The number of carbonyl (C=O) groups is 1. The standard InChI is InChI=1S/C14H21NO2/c1-4-11-6-9-15(10-12(11)5-2)13(16)14(17-3)7-8-14/h4H,1,5-10H2,2-3H3. The smallest absolute Gasteiger partial charge is 0.255 e. The second-order valence-electron chi connectivity index (χ2n) is 4.86. The highest BCUT2D eigenvalue weighted by molar-refractivity contribution is 5.88. The van der Waals surface area contributed by atoms with Gasteiger partial charge in [-0.15, -0.1) is 0 Å². The fraction of sp³-hybridized carbons (Fsp3) is 0.643. The Morgan fingerprint density at radius 1 is 1.59 bits per heavy atom. The molecule has 0 bridgehead atoms. The second kappa shape index (κ2) is 4.65. The van der Waals surface area contributed by atoms with Crippen molar-refractivity contribution in [2.45, 2.75) is 38.2 Å². The van der Waals surface area contributed by atoms with Crippen LogP contribution in [0.15, 0.2) is 23.8 Å². The van der Waals surface area contributed by atoms with E-state index in [2.05, 4.69) is 13.5 Å². The molecule has 0 saturated heterocycles. The number of amides is 1. The van der Waals surface area contributed by atoms with E-state index >= 15 is 0 Å². The van der Waals surface area contributed by atoms with Gasteiger partial charge in [-0.2, -0.15) is 0 Å². The Kier molecular flexibility index (Phi) is 3.38. The first-order chi connectivity index (χ1) is 8.16. The molecule has 0 atom stereocenters. The van der Waals surface area contributed by atoms with Gasteiger partial charge in [0.2, 0.25) is 0 Å². The molecule has 1 amide bonds. The summed E-state index contributed by atoms with van der Waals surface area (Å²) in [5, 5.41) is 0. The molecule has 17 heavy (non-hydrogen) atoms. The van der Waals surface area contributed by atoms with E-state index in [1.807, 2.05) is 11.0 Å². The van der Waals surface area contributed by atoms with Gasteiger partial charge in [0, 0.05) is 20.2 Å². The Morgan fingerprint density at radius 3 is 2.76 bits per heavy atom. The van der Waals surface area contributed by atoms with E-state index in [1.54, 1.807) is 7.11 Å². The van der Waals surface area contributed by atoms with Crippen LogP contribution in [0.1, 0.15) is 32.6 Å². The number of hydrogen-bond acceptors (Lipinski definition) is 2. The van der Waals surface area contributed by atoms with Gasteiger partial charge in [0.25, 0.3) is 5.91 Å². The van der Waals surface area contributed by atoms with Crippen LogP contribution >= 0.6 is 0 Å². The van der Waals surface area contributed by atoms with E-state index in [0.717, 1.165) is 38.8 Å². The van der Waals surface area contributed by atoms with E-state index in [-0.39, 0.29) is 5.91 Å². The summed E-state index contributed by atoms with van der Waals surface area (Å²) in [7, 11) is 1.64. The van der Waals surface area contributed by atoms with Crippen LogP contribution < -0.4 is 0 Å². The number of ether oxygens (including phenoxy) is 1. The van der Waals surface area contributed by atoms with Gasteiger partial charge in [-0.1, -0.05) is 19.6 Å². The first-order valence-corrected chi connectivity index (χ1v) is 6.34. The lowest BCUT2D eigenvalue weighted by Gasteiger charge is -2.32. The zero-order valence-corrected chi connectivity index (χ0v) is 10.8. The average Bonchev–Trinajstić information content (AvgIpc) is 3.18. The van der Waals surface area contributed by atoms with Crippen LogP contribution in [0.4, 0.5) is 0 Å². The second-order valence-corrected chi connectivity index (χ2v) is 4.86. The van der Waals surface area contributed by atoms with Gasteiger partial charge in [0.1, 0.15) is 5.60 Å². The highest BCUT2D eigenvalue weighted by atomic mass is 16.5. The van der Waals surface area contributed by atoms with Gasteiger partial charge in [0.15, 0.2) is 0 Å². The van der Waals surface area contributed by atoms with Crippen LogP contribution in [0.5, 0.6) is 0 Å². The van der Waals surface area contributed by atoms with Crippen molar-refractivity contribution in [3.63, 3.8) is 0 Å². The predicted molar refractivity (Wildman–Crippen MR) is 67.7 cm³/mol. The number of rotatable bonds is 4. The molecule has 2 aliphatic rings. The summed E-state index contributed by atoms with van der Waals surface area (Å²) in [6, 6.07) is 0. The predicted octanol–water partition coefficient (Wildman–Crippen LogP) is 2.29. The number of carbonyl (C=O) groups excluding carboxylic acids is 1. The van der Waals surface area contributed by atoms with Gasteiger partial charge in [-0.3, -0.25) is 4.79 Å². The van der Waals surface area contributed by atoms with Gasteiger partial charge in [-0.05, 0) is 36.8 Å². The lowest BCUT2D eigenvalue weighted by Crippen LogP contribution is -2.44. The van der Waals surface area contributed by atoms with Crippen LogP contribution in [0, 0.1) is 0 Å². The maximum absolute atomic E-state index is 12.3. The van der Waals surface area contributed by atoms with Crippen molar-refractivity contribution in [1.29, 1.82) is 0 Å². The molecule has 3 nitrogen and oxygen atoms in total. The summed E-state index contributed by atoms with van der Waals surface area (Å²) in [6.45, 7) is 7.53. The molecule has 2 rings (SSSR count). The molecule has 0 aromatic carbocycles. The Hall–Kier alpha value is -1.09. The monoisotopic (exact) mass is 235 g/mol. The minimum Gasteiger partial charge on any atom is -0.368 e. The molecule has 1 saturated carbocycles. The molecule has 3 heteroatoms. The largest absolute Gasteiger partial charge is 0.368 e. The molecule has 94 valence electrons. The molecule has 1 aliphatic heterocycles. The van der Waals surface area contributed by atoms with Gasteiger partial charge >= 0.3 is 0 Å². The molecule has 0 radical (unpaired) electrons. The number of allylic oxidation sites excluding steroid dienone is 1. The minimum absolute atomic E-state index is 0.175. The average molecular weight is 235 g/mol. The Labute approximate surface area is 103 Å². The molecule has 0 aromatic heterocycles. The Balaban J connectivity index is 2.09. The SMILES string of the molecule is C=CC1=C(CC)CN(C(=O)C2(OC)CC2)CC1. The van der Waals surface area contributed by atoms with Gasteiger partial charge < -0.3 is 9.64 Å². The van der Waals surface area contributed by atoms with E-state index in [9.17, 15) is 4.79 Å². The minimum atomic E-state index is -0.482. The Morgan fingerprint density at radius 2 is 2.29 bits per heavy atom. The van der Waals surface area contributed by atoms with Crippen molar-refractivity contribution in [1.82, 2.24) is 4.90 Å². The molecule has 0 aromatic rings. The number of nitrogens with zero attached hydrogens (tertiary/aromatic N) is 1. The normalized spacial score (nSPS) is 22.6. The van der Waals surface area contributed by atoms with Gasteiger partial charge in [-0.25, -0.2) is 0 Å². The lowest BCUT2D eigenvalue weighted by atomic mass is 9.97.